The summed E-state index contributed by atoms with van der Waals surface area (Å²) in [5.41, 5.74) is 0.892. The molecule has 1 aromatic carbocycles. The summed E-state index contributed by atoms with van der Waals surface area (Å²) in [6.45, 7) is 6.55. The largest absolute Gasteiger partial charge is 0.381 e. The van der Waals surface area contributed by atoms with Crippen LogP contribution in [-0.2, 0) is 4.74 Å². The Balaban J connectivity index is 1.74. The predicted octanol–water partition coefficient (Wildman–Crippen LogP) is 3.05. The lowest BCUT2D eigenvalue weighted by Gasteiger charge is -2.45. The van der Waals surface area contributed by atoms with Crippen LogP contribution in [-0.4, -0.2) is 54.8 Å². The highest BCUT2D eigenvalue weighted by molar-refractivity contribution is 9.10. The Bertz CT molecular complexity index is 578. The lowest BCUT2D eigenvalue weighted by molar-refractivity contribution is -0.384. The van der Waals surface area contributed by atoms with E-state index in [1.165, 1.54) is 0 Å². The van der Waals surface area contributed by atoms with Crippen molar-refractivity contribution in [1.82, 2.24) is 4.90 Å². The molecule has 0 bridgehead atoms. The zero-order valence-corrected chi connectivity index (χ0v) is 14.9. The first-order valence-electron chi connectivity index (χ1n) is 8.08. The minimum absolute atomic E-state index is 0.172. The van der Waals surface area contributed by atoms with Crippen LogP contribution in [0.25, 0.3) is 0 Å². The predicted molar refractivity (Wildman–Crippen MR) is 93.0 cm³/mol. The summed E-state index contributed by atoms with van der Waals surface area (Å²) in [5.74, 6) is 0. The van der Waals surface area contributed by atoms with E-state index in [-0.39, 0.29) is 16.7 Å². The summed E-state index contributed by atoms with van der Waals surface area (Å²) in [6, 6.07) is 6.16. The van der Waals surface area contributed by atoms with E-state index < -0.39 is 0 Å². The van der Waals surface area contributed by atoms with Gasteiger partial charge >= 0.3 is 0 Å². The monoisotopic (exact) mass is 383 g/mol. The Labute approximate surface area is 144 Å². The molecule has 0 radical (unpaired) electrons. The van der Waals surface area contributed by atoms with E-state index >= 15 is 0 Å². The Kier molecular flexibility index (Phi) is 5.18. The van der Waals surface area contributed by atoms with E-state index in [4.69, 9.17) is 4.74 Å². The van der Waals surface area contributed by atoms with Crippen LogP contribution < -0.4 is 4.90 Å². The van der Waals surface area contributed by atoms with Crippen LogP contribution in [0.3, 0.4) is 0 Å². The maximum atomic E-state index is 11.4. The van der Waals surface area contributed by atoms with Crippen LogP contribution in [0.5, 0.6) is 0 Å². The van der Waals surface area contributed by atoms with Gasteiger partial charge in [-0.1, -0.05) is 15.9 Å². The first-order valence-corrected chi connectivity index (χ1v) is 8.88. The van der Waals surface area contributed by atoms with Crippen LogP contribution in [0.15, 0.2) is 22.7 Å². The molecule has 1 atom stereocenters. The fourth-order valence-electron chi connectivity index (χ4n) is 3.61. The van der Waals surface area contributed by atoms with Crippen molar-refractivity contribution < 1.29 is 9.66 Å². The van der Waals surface area contributed by atoms with Gasteiger partial charge in [0.2, 0.25) is 0 Å². The third-order valence-corrected chi connectivity index (χ3v) is 5.30. The first-order chi connectivity index (χ1) is 11.1. The topological polar surface area (TPSA) is 58.8 Å². The van der Waals surface area contributed by atoms with Crippen molar-refractivity contribution in [1.29, 1.82) is 0 Å². The Hall–Kier alpha value is -1.18. The smallest absolute Gasteiger partial charge is 0.293 e. The Morgan fingerprint density at radius 2 is 2.04 bits per heavy atom. The van der Waals surface area contributed by atoms with Crippen molar-refractivity contribution in [3.05, 3.63) is 32.8 Å². The number of nitro benzene ring substituents is 1. The molecule has 7 heteroatoms. The van der Waals surface area contributed by atoms with Crippen LogP contribution >= 0.6 is 15.9 Å². The summed E-state index contributed by atoms with van der Waals surface area (Å²) in [4.78, 5) is 15.8. The molecule has 2 heterocycles. The Morgan fingerprint density at radius 1 is 1.30 bits per heavy atom. The van der Waals surface area contributed by atoms with Crippen LogP contribution in [0.2, 0.25) is 0 Å². The van der Waals surface area contributed by atoms with Gasteiger partial charge < -0.3 is 9.64 Å². The first kappa shape index (κ1) is 16.7. The molecule has 0 N–H and O–H groups in total. The summed E-state index contributed by atoms with van der Waals surface area (Å²) >= 11 is 3.32. The number of nitro groups is 1. The highest BCUT2D eigenvalue weighted by atomic mass is 79.9. The number of benzene rings is 1. The number of anilines is 1. The average Bonchev–Trinajstić information content (AvgIpc) is 2.56. The molecule has 126 valence electrons. The lowest BCUT2D eigenvalue weighted by Crippen LogP contribution is -2.56. The summed E-state index contributed by atoms with van der Waals surface area (Å²) in [6.07, 6.45) is 2.18. The molecular weight excluding hydrogens is 362 g/mol. The third-order valence-electron chi connectivity index (χ3n) is 4.81. The van der Waals surface area contributed by atoms with Gasteiger partial charge in [0.25, 0.3) is 5.69 Å². The van der Waals surface area contributed by atoms with Crippen LogP contribution in [0.4, 0.5) is 11.4 Å². The van der Waals surface area contributed by atoms with Gasteiger partial charge in [0, 0.05) is 55.5 Å². The van der Waals surface area contributed by atoms with Gasteiger partial charge in [-0.05, 0) is 31.9 Å². The Morgan fingerprint density at radius 3 is 2.70 bits per heavy atom. The van der Waals surface area contributed by atoms with E-state index in [1.54, 1.807) is 6.07 Å². The standard InChI is InChI=1S/C16H22BrN3O3/c1-12-11-18(14-4-8-23-9-5-14)6-7-19(12)15-3-2-13(17)10-16(15)20(21)22/h2-3,10,12,14H,4-9,11H2,1H3/t12-/m0/s1. The van der Waals surface area contributed by atoms with Gasteiger partial charge in [0.1, 0.15) is 5.69 Å². The van der Waals surface area contributed by atoms with Crippen molar-refractivity contribution in [2.75, 3.05) is 37.7 Å². The molecule has 6 nitrogen and oxygen atoms in total. The van der Waals surface area contributed by atoms with Crippen molar-refractivity contribution in [3.8, 4) is 0 Å². The van der Waals surface area contributed by atoms with Gasteiger partial charge in [-0.15, -0.1) is 0 Å². The molecule has 2 fully saturated rings. The molecule has 23 heavy (non-hydrogen) atoms. The number of halogens is 1. The average molecular weight is 384 g/mol. The number of piperazine rings is 1. The minimum Gasteiger partial charge on any atom is -0.381 e. The van der Waals surface area contributed by atoms with Gasteiger partial charge in [-0.2, -0.15) is 0 Å². The molecule has 0 unspecified atom stereocenters. The molecule has 0 amide bonds. The van der Waals surface area contributed by atoms with E-state index in [0.717, 1.165) is 55.8 Å². The van der Waals surface area contributed by atoms with E-state index in [9.17, 15) is 10.1 Å². The second-order valence-corrected chi connectivity index (χ2v) is 7.19. The van der Waals surface area contributed by atoms with E-state index in [1.807, 2.05) is 12.1 Å². The third kappa shape index (κ3) is 3.67. The number of hydrogen-bond acceptors (Lipinski definition) is 5. The summed E-state index contributed by atoms with van der Waals surface area (Å²) in [5, 5.41) is 11.4. The maximum absolute atomic E-state index is 11.4. The lowest BCUT2D eigenvalue weighted by atomic mass is 10.0. The molecule has 3 rings (SSSR count). The number of hydrogen-bond donors (Lipinski definition) is 0. The molecule has 2 aliphatic heterocycles. The van der Waals surface area contributed by atoms with Crippen molar-refractivity contribution in [2.45, 2.75) is 31.8 Å². The van der Waals surface area contributed by atoms with Crippen molar-refractivity contribution in [2.24, 2.45) is 0 Å². The van der Waals surface area contributed by atoms with Gasteiger partial charge in [-0.25, -0.2) is 0 Å². The normalized spacial score (nSPS) is 23.9. The fourth-order valence-corrected chi connectivity index (χ4v) is 3.96. The van der Waals surface area contributed by atoms with Gasteiger partial charge in [0.05, 0.1) is 4.92 Å². The molecule has 1 aromatic rings. The maximum Gasteiger partial charge on any atom is 0.293 e. The summed E-state index contributed by atoms with van der Waals surface area (Å²) < 4.78 is 6.18. The number of ether oxygens (including phenoxy) is 1. The summed E-state index contributed by atoms with van der Waals surface area (Å²) in [7, 11) is 0. The molecule has 0 aliphatic carbocycles. The van der Waals surface area contributed by atoms with Gasteiger partial charge in [-0.3, -0.25) is 15.0 Å². The number of rotatable bonds is 3. The SMILES string of the molecule is C[C@H]1CN(C2CCOCC2)CCN1c1ccc(Br)cc1[N+](=O)[O-]. The van der Waals surface area contributed by atoms with Crippen LogP contribution in [0.1, 0.15) is 19.8 Å². The second kappa shape index (κ2) is 7.15. The van der Waals surface area contributed by atoms with Crippen molar-refractivity contribution in [3.63, 3.8) is 0 Å². The minimum atomic E-state index is -0.294. The second-order valence-electron chi connectivity index (χ2n) is 6.27. The fraction of sp³-hybridized carbons (Fsp3) is 0.625. The number of nitrogens with zero attached hydrogens (tertiary/aromatic N) is 3. The zero-order valence-electron chi connectivity index (χ0n) is 13.3. The molecular formula is C16H22BrN3O3. The molecule has 0 saturated carbocycles. The van der Waals surface area contributed by atoms with Crippen LogP contribution in [0, 0.1) is 10.1 Å². The molecule has 0 spiro atoms. The van der Waals surface area contributed by atoms with Gasteiger partial charge in [0.15, 0.2) is 0 Å². The highest BCUT2D eigenvalue weighted by Gasteiger charge is 2.32. The molecule has 0 aromatic heterocycles. The molecule has 2 saturated heterocycles. The van der Waals surface area contributed by atoms with Crippen molar-refractivity contribution >= 4 is 27.3 Å². The van der Waals surface area contributed by atoms with E-state index in [2.05, 4.69) is 32.7 Å². The highest BCUT2D eigenvalue weighted by Crippen LogP contribution is 2.34. The van der Waals surface area contributed by atoms with E-state index in [0.29, 0.717) is 6.04 Å². The molecule has 2 aliphatic rings. The quantitative estimate of drug-likeness (QED) is 0.592. The zero-order chi connectivity index (χ0) is 16.4.